The first-order chi connectivity index (χ1) is 17.4. The molecule has 1 aliphatic rings. The lowest BCUT2D eigenvalue weighted by Crippen LogP contribution is -2.15. The Morgan fingerprint density at radius 3 is 1.94 bits per heavy atom. The van der Waals surface area contributed by atoms with Crippen molar-refractivity contribution in [3.63, 3.8) is 0 Å². The molecule has 6 rings (SSSR count). The van der Waals surface area contributed by atoms with Crippen LogP contribution in [0.25, 0.3) is 44.2 Å². The Bertz CT molecular complexity index is 1610. The average molecular weight is 473 g/mol. The zero-order valence-corrected chi connectivity index (χ0v) is 20.9. The van der Waals surface area contributed by atoms with Gasteiger partial charge < -0.3 is 14.6 Å². The van der Waals surface area contributed by atoms with Crippen LogP contribution in [0.5, 0.6) is 17.2 Å². The smallest absolute Gasteiger partial charge is 0.169 e. The highest BCUT2D eigenvalue weighted by atomic mass is 16.5. The summed E-state index contributed by atoms with van der Waals surface area (Å²) >= 11 is 0. The van der Waals surface area contributed by atoms with Crippen LogP contribution in [0.2, 0.25) is 0 Å². The first-order valence-corrected chi connectivity index (χ1v) is 12.2. The largest absolute Gasteiger partial charge is 0.507 e. The molecule has 5 aromatic rings. The van der Waals surface area contributed by atoms with E-state index in [4.69, 9.17) is 9.47 Å². The second-order valence-electron chi connectivity index (χ2n) is 9.87. The molecule has 0 atom stereocenters. The Kier molecular flexibility index (Phi) is 5.04. The molecule has 0 saturated carbocycles. The van der Waals surface area contributed by atoms with Gasteiger partial charge in [-0.05, 0) is 68.8 Å². The van der Waals surface area contributed by atoms with Crippen LogP contribution in [-0.4, -0.2) is 19.3 Å². The van der Waals surface area contributed by atoms with Crippen molar-refractivity contribution >= 4 is 10.8 Å². The number of aromatic hydroxyl groups is 1. The van der Waals surface area contributed by atoms with E-state index in [2.05, 4.69) is 80.6 Å². The molecule has 178 valence electrons. The topological polar surface area (TPSA) is 38.7 Å². The maximum Gasteiger partial charge on any atom is 0.169 e. The Morgan fingerprint density at radius 1 is 0.639 bits per heavy atom. The van der Waals surface area contributed by atoms with Crippen LogP contribution in [0.15, 0.2) is 91.0 Å². The molecule has 0 aliphatic heterocycles. The van der Waals surface area contributed by atoms with Crippen molar-refractivity contribution in [2.45, 2.75) is 19.3 Å². The molecule has 1 N–H and O–H groups in total. The number of hydrogen-bond donors (Lipinski definition) is 1. The maximum atomic E-state index is 11.0. The third-order valence-electron chi connectivity index (χ3n) is 7.58. The van der Waals surface area contributed by atoms with E-state index < -0.39 is 0 Å². The van der Waals surface area contributed by atoms with Crippen LogP contribution in [0.1, 0.15) is 25.0 Å². The van der Waals surface area contributed by atoms with E-state index in [9.17, 15) is 5.11 Å². The number of hydrogen-bond acceptors (Lipinski definition) is 3. The summed E-state index contributed by atoms with van der Waals surface area (Å²) in [6.07, 6.45) is 0. The fourth-order valence-electron chi connectivity index (χ4n) is 5.67. The quantitative estimate of drug-likeness (QED) is 0.286. The Morgan fingerprint density at radius 2 is 1.28 bits per heavy atom. The molecule has 0 heterocycles. The van der Waals surface area contributed by atoms with Crippen LogP contribution in [-0.2, 0) is 5.41 Å². The molecule has 0 amide bonds. The van der Waals surface area contributed by atoms with Gasteiger partial charge in [0.2, 0.25) is 0 Å². The van der Waals surface area contributed by atoms with Gasteiger partial charge in [-0.1, -0.05) is 80.6 Å². The molecule has 0 spiro atoms. The van der Waals surface area contributed by atoms with Gasteiger partial charge in [0, 0.05) is 16.2 Å². The maximum absolute atomic E-state index is 11.0. The van der Waals surface area contributed by atoms with E-state index in [0.29, 0.717) is 11.5 Å². The molecule has 0 fully saturated rings. The number of phenolic OH excluding ortho intramolecular Hbond substituents is 1. The third kappa shape index (κ3) is 3.20. The van der Waals surface area contributed by atoms with Gasteiger partial charge in [-0.15, -0.1) is 0 Å². The fraction of sp³-hybridized carbons (Fsp3) is 0.152. The minimum atomic E-state index is -0.287. The van der Waals surface area contributed by atoms with E-state index in [1.807, 2.05) is 24.3 Å². The molecule has 0 bridgehead atoms. The summed E-state index contributed by atoms with van der Waals surface area (Å²) in [6, 6.07) is 31.5. The highest BCUT2D eigenvalue weighted by Gasteiger charge is 2.38. The average Bonchev–Trinajstić information content (AvgIpc) is 3.14. The van der Waals surface area contributed by atoms with Crippen molar-refractivity contribution in [2.75, 3.05) is 14.2 Å². The highest BCUT2D eigenvalue weighted by Crippen LogP contribution is 2.56. The lowest BCUT2D eigenvalue weighted by Gasteiger charge is -2.23. The van der Waals surface area contributed by atoms with Crippen LogP contribution < -0.4 is 9.47 Å². The first-order valence-electron chi connectivity index (χ1n) is 12.2. The van der Waals surface area contributed by atoms with Gasteiger partial charge in [-0.25, -0.2) is 0 Å². The van der Waals surface area contributed by atoms with Crippen molar-refractivity contribution in [2.24, 2.45) is 0 Å². The van der Waals surface area contributed by atoms with Gasteiger partial charge in [0.05, 0.1) is 14.2 Å². The van der Waals surface area contributed by atoms with Gasteiger partial charge in [-0.3, -0.25) is 0 Å². The lowest BCUT2D eigenvalue weighted by molar-refractivity contribution is 0.358. The minimum Gasteiger partial charge on any atom is -0.507 e. The van der Waals surface area contributed by atoms with Crippen molar-refractivity contribution < 1.29 is 14.6 Å². The molecule has 3 heteroatoms. The van der Waals surface area contributed by atoms with E-state index in [1.165, 1.54) is 27.8 Å². The van der Waals surface area contributed by atoms with Crippen LogP contribution in [0, 0.1) is 0 Å². The number of phenols is 1. The molecule has 0 saturated heterocycles. The minimum absolute atomic E-state index is 0.252. The van der Waals surface area contributed by atoms with E-state index in [-0.39, 0.29) is 11.2 Å². The van der Waals surface area contributed by atoms with E-state index in [1.54, 1.807) is 14.2 Å². The SMILES string of the molecule is COc1ccc2c(O)cc3c(c2c1OC)-c1ccc(-c2ccc(-c4ccccc4)cc2)cc1C3(C)C. The summed E-state index contributed by atoms with van der Waals surface area (Å²) in [5.41, 5.74) is 9.07. The molecular formula is C33H28O3. The van der Waals surface area contributed by atoms with Crippen LogP contribution >= 0.6 is 0 Å². The Hall–Kier alpha value is -4.24. The lowest BCUT2D eigenvalue weighted by atomic mass is 9.81. The Balaban J connectivity index is 1.52. The third-order valence-corrected chi connectivity index (χ3v) is 7.58. The number of ether oxygens (including phenoxy) is 2. The van der Waals surface area contributed by atoms with Crippen molar-refractivity contribution in [1.29, 1.82) is 0 Å². The molecular weight excluding hydrogens is 444 g/mol. The normalized spacial score (nSPS) is 13.3. The molecule has 0 radical (unpaired) electrons. The number of methoxy groups -OCH3 is 2. The molecule has 1 aliphatic carbocycles. The monoisotopic (exact) mass is 472 g/mol. The number of benzene rings is 5. The second-order valence-corrected chi connectivity index (χ2v) is 9.87. The van der Waals surface area contributed by atoms with Crippen LogP contribution in [0.3, 0.4) is 0 Å². The predicted molar refractivity (Wildman–Crippen MR) is 147 cm³/mol. The Labute approximate surface area is 211 Å². The molecule has 36 heavy (non-hydrogen) atoms. The molecule has 5 aromatic carbocycles. The zero-order chi connectivity index (χ0) is 25.0. The summed E-state index contributed by atoms with van der Waals surface area (Å²) in [5.74, 6) is 1.55. The van der Waals surface area contributed by atoms with Crippen molar-refractivity contribution in [3.05, 3.63) is 102 Å². The first kappa shape index (κ1) is 22.2. The summed E-state index contributed by atoms with van der Waals surface area (Å²) in [7, 11) is 3.29. The van der Waals surface area contributed by atoms with E-state index >= 15 is 0 Å². The van der Waals surface area contributed by atoms with Gasteiger partial charge >= 0.3 is 0 Å². The molecule has 0 unspecified atom stereocenters. The van der Waals surface area contributed by atoms with Gasteiger partial charge in [0.1, 0.15) is 5.75 Å². The van der Waals surface area contributed by atoms with Gasteiger partial charge in [0.15, 0.2) is 11.5 Å². The van der Waals surface area contributed by atoms with Gasteiger partial charge in [-0.2, -0.15) is 0 Å². The summed E-state index contributed by atoms with van der Waals surface area (Å²) in [4.78, 5) is 0. The standard InChI is InChI=1S/C33H28O3/c1-33(2)26-18-23(22-12-10-21(11-13-22)20-8-6-5-7-9-20)14-15-24(26)30-27(33)19-28(34)25-16-17-29(35-3)32(36-4)31(25)30/h5-19,34H,1-4H3. The molecule has 0 aromatic heterocycles. The molecule has 3 nitrogen and oxygen atoms in total. The fourth-order valence-corrected chi connectivity index (χ4v) is 5.67. The summed E-state index contributed by atoms with van der Waals surface area (Å²) in [6.45, 7) is 4.44. The second kappa shape index (κ2) is 8.17. The van der Waals surface area contributed by atoms with Crippen molar-refractivity contribution in [1.82, 2.24) is 0 Å². The summed E-state index contributed by atoms with van der Waals surface area (Å²) < 4.78 is 11.4. The summed E-state index contributed by atoms with van der Waals surface area (Å²) in [5, 5.41) is 12.6. The zero-order valence-electron chi connectivity index (χ0n) is 20.9. The van der Waals surface area contributed by atoms with E-state index in [0.717, 1.165) is 27.5 Å². The number of fused-ring (bicyclic) bond motifs is 5. The van der Waals surface area contributed by atoms with Crippen LogP contribution in [0.4, 0.5) is 0 Å². The number of rotatable bonds is 4. The van der Waals surface area contributed by atoms with Crippen molar-refractivity contribution in [3.8, 4) is 50.6 Å². The van der Waals surface area contributed by atoms with Gasteiger partial charge in [0.25, 0.3) is 0 Å². The predicted octanol–water partition coefficient (Wildman–Crippen LogP) is 8.20. The highest BCUT2D eigenvalue weighted by molar-refractivity contribution is 6.09.